The Morgan fingerprint density at radius 3 is 2.76 bits per heavy atom. The van der Waals surface area contributed by atoms with Gasteiger partial charge in [0.25, 0.3) is 0 Å². The van der Waals surface area contributed by atoms with Crippen LogP contribution in [0.25, 0.3) is 0 Å². The summed E-state index contributed by atoms with van der Waals surface area (Å²) in [6, 6.07) is 7.17. The number of carbonyl (C=O) groups excluding carboxylic acids is 1. The van der Waals surface area contributed by atoms with Crippen LogP contribution in [0.2, 0.25) is 0 Å². The van der Waals surface area contributed by atoms with E-state index in [1.165, 1.54) is 24.1 Å². The second-order valence-corrected chi connectivity index (χ2v) is 5.98. The smallest absolute Gasteiger partial charge is 0.217 e. The molecule has 2 rings (SSSR count). The van der Waals surface area contributed by atoms with Crippen molar-refractivity contribution >= 4 is 5.91 Å². The van der Waals surface area contributed by atoms with E-state index in [-0.39, 0.29) is 11.7 Å². The van der Waals surface area contributed by atoms with Crippen LogP contribution in [0, 0.1) is 11.7 Å². The molecule has 2 N–H and O–H groups in total. The Kier molecular flexibility index (Phi) is 5.74. The summed E-state index contributed by atoms with van der Waals surface area (Å²) >= 11 is 0. The molecule has 4 heteroatoms. The molecule has 1 aliphatic heterocycles. The molecule has 1 heterocycles. The number of carbonyl (C=O) groups is 1. The Bertz CT molecular complexity index is 460. The van der Waals surface area contributed by atoms with E-state index >= 15 is 0 Å². The van der Waals surface area contributed by atoms with Crippen LogP contribution in [-0.4, -0.2) is 23.9 Å². The molecule has 0 aromatic heterocycles. The maximum atomic E-state index is 13.1. The fraction of sp³-hybridized carbons (Fsp3) is 0.588. The van der Waals surface area contributed by atoms with Crippen molar-refractivity contribution < 1.29 is 9.18 Å². The van der Waals surface area contributed by atoms with Gasteiger partial charge in [0.05, 0.1) is 0 Å². The summed E-state index contributed by atoms with van der Waals surface area (Å²) in [5, 5.41) is 0. The maximum absolute atomic E-state index is 13.1. The summed E-state index contributed by atoms with van der Waals surface area (Å²) in [5.74, 6) is 0.144. The van der Waals surface area contributed by atoms with Crippen molar-refractivity contribution in [3.63, 3.8) is 0 Å². The molecule has 1 amide bonds. The zero-order valence-corrected chi connectivity index (χ0v) is 12.7. The lowest BCUT2D eigenvalue weighted by Gasteiger charge is -2.38. The van der Waals surface area contributed by atoms with Crippen molar-refractivity contribution in [1.82, 2.24) is 4.90 Å². The number of hydrogen-bond donors (Lipinski definition) is 1. The van der Waals surface area contributed by atoms with Gasteiger partial charge in [0.2, 0.25) is 5.91 Å². The molecule has 2 atom stereocenters. The molecular weight excluding hydrogens is 267 g/mol. The second kappa shape index (κ2) is 7.55. The number of hydrogen-bond acceptors (Lipinski definition) is 2. The molecular formula is C17H25FN2O. The van der Waals surface area contributed by atoms with Crippen molar-refractivity contribution in [3.8, 4) is 0 Å². The average Bonchev–Trinajstić information content (AvgIpc) is 2.48. The fourth-order valence-electron chi connectivity index (χ4n) is 3.35. The highest BCUT2D eigenvalue weighted by atomic mass is 19.1. The molecule has 1 aliphatic rings. The van der Waals surface area contributed by atoms with Gasteiger partial charge in [0, 0.05) is 19.0 Å². The molecule has 0 aliphatic carbocycles. The summed E-state index contributed by atoms with van der Waals surface area (Å²) in [7, 11) is 0. The highest BCUT2D eigenvalue weighted by Crippen LogP contribution is 2.30. The van der Waals surface area contributed by atoms with Gasteiger partial charge in [-0.2, -0.15) is 0 Å². The average molecular weight is 292 g/mol. The maximum Gasteiger partial charge on any atom is 0.217 e. The molecule has 21 heavy (non-hydrogen) atoms. The van der Waals surface area contributed by atoms with Gasteiger partial charge in [0.15, 0.2) is 0 Å². The quantitative estimate of drug-likeness (QED) is 0.875. The van der Waals surface area contributed by atoms with E-state index in [0.717, 1.165) is 32.4 Å². The third-order valence-electron chi connectivity index (χ3n) is 4.43. The number of likely N-dealkylation sites (tertiary alicyclic amines) is 1. The van der Waals surface area contributed by atoms with E-state index in [1.807, 2.05) is 12.1 Å². The number of nitrogens with two attached hydrogens (primary N) is 1. The highest BCUT2D eigenvalue weighted by molar-refractivity contribution is 5.73. The first kappa shape index (κ1) is 16.0. The lowest BCUT2D eigenvalue weighted by Crippen LogP contribution is -2.38. The van der Waals surface area contributed by atoms with Gasteiger partial charge in [-0.05, 0) is 55.8 Å². The molecule has 1 fully saturated rings. The lowest BCUT2D eigenvalue weighted by atomic mass is 9.90. The van der Waals surface area contributed by atoms with Gasteiger partial charge in [-0.1, -0.05) is 19.1 Å². The van der Waals surface area contributed by atoms with Gasteiger partial charge in [-0.3, -0.25) is 9.69 Å². The van der Waals surface area contributed by atoms with Gasteiger partial charge in [0.1, 0.15) is 5.82 Å². The number of rotatable bonds is 6. The summed E-state index contributed by atoms with van der Waals surface area (Å²) in [5.41, 5.74) is 6.42. The predicted octanol–water partition coefficient (Wildman–Crippen LogP) is 3.25. The van der Waals surface area contributed by atoms with Crippen molar-refractivity contribution in [2.75, 3.05) is 13.1 Å². The summed E-state index contributed by atoms with van der Waals surface area (Å²) in [6.45, 7) is 4.24. The first-order chi connectivity index (χ1) is 10.1. The molecule has 116 valence electrons. The monoisotopic (exact) mass is 292 g/mol. The standard InChI is InChI=1S/C17H25FN2O/c1-2-16(14-6-8-15(18)9-7-14)20-11-3-4-13(12-20)5-10-17(19)21/h6-9,13,16H,2-5,10-12H2,1H3,(H2,19,21)/t13-,16+/m1/s1. The molecule has 1 saturated heterocycles. The summed E-state index contributed by atoms with van der Waals surface area (Å²) < 4.78 is 13.1. The number of benzene rings is 1. The molecule has 1 aromatic rings. The Labute approximate surface area is 126 Å². The normalized spacial score (nSPS) is 21.1. The van der Waals surface area contributed by atoms with Gasteiger partial charge >= 0.3 is 0 Å². The van der Waals surface area contributed by atoms with Crippen molar-refractivity contribution in [2.24, 2.45) is 11.7 Å². The van der Waals surface area contributed by atoms with Crippen molar-refractivity contribution in [2.45, 2.75) is 45.1 Å². The van der Waals surface area contributed by atoms with E-state index in [9.17, 15) is 9.18 Å². The molecule has 3 nitrogen and oxygen atoms in total. The minimum absolute atomic E-state index is 0.188. The van der Waals surface area contributed by atoms with Crippen molar-refractivity contribution in [1.29, 1.82) is 0 Å². The number of nitrogens with zero attached hydrogens (tertiary/aromatic N) is 1. The van der Waals surface area contributed by atoms with Crippen LogP contribution in [0.1, 0.15) is 50.6 Å². The lowest BCUT2D eigenvalue weighted by molar-refractivity contribution is -0.118. The van der Waals surface area contributed by atoms with E-state index in [0.29, 0.717) is 18.4 Å². The van der Waals surface area contributed by atoms with Crippen LogP contribution in [0.5, 0.6) is 0 Å². The SMILES string of the molecule is CC[C@@H](c1ccc(F)cc1)N1CCC[C@H](CCC(N)=O)C1. The number of piperidine rings is 1. The minimum atomic E-state index is -0.210. The first-order valence-corrected chi connectivity index (χ1v) is 7.88. The van der Waals surface area contributed by atoms with Crippen LogP contribution in [0.3, 0.4) is 0 Å². The fourth-order valence-corrected chi connectivity index (χ4v) is 3.35. The van der Waals surface area contributed by atoms with Crippen LogP contribution < -0.4 is 5.73 Å². The zero-order chi connectivity index (χ0) is 15.2. The van der Waals surface area contributed by atoms with Crippen LogP contribution in [-0.2, 0) is 4.79 Å². The Hall–Kier alpha value is -1.42. The third-order valence-corrected chi connectivity index (χ3v) is 4.43. The summed E-state index contributed by atoms with van der Waals surface area (Å²) in [4.78, 5) is 13.4. The molecule has 1 aromatic carbocycles. The number of amides is 1. The molecule has 0 unspecified atom stereocenters. The van der Waals surface area contributed by atoms with Gasteiger partial charge in [-0.25, -0.2) is 4.39 Å². The largest absolute Gasteiger partial charge is 0.370 e. The Morgan fingerprint density at radius 1 is 1.43 bits per heavy atom. The number of halogens is 1. The highest BCUT2D eigenvalue weighted by Gasteiger charge is 2.26. The van der Waals surface area contributed by atoms with Crippen molar-refractivity contribution in [3.05, 3.63) is 35.6 Å². The van der Waals surface area contributed by atoms with Gasteiger partial charge < -0.3 is 5.73 Å². The zero-order valence-electron chi connectivity index (χ0n) is 12.7. The van der Waals surface area contributed by atoms with E-state index < -0.39 is 0 Å². The predicted molar refractivity (Wildman–Crippen MR) is 82.2 cm³/mol. The molecule has 0 radical (unpaired) electrons. The minimum Gasteiger partial charge on any atom is -0.370 e. The molecule has 0 bridgehead atoms. The molecule has 0 spiro atoms. The second-order valence-electron chi connectivity index (χ2n) is 5.98. The van der Waals surface area contributed by atoms with E-state index in [2.05, 4.69) is 11.8 Å². The number of primary amides is 1. The Balaban J connectivity index is 2.00. The molecule has 0 saturated carbocycles. The van der Waals surface area contributed by atoms with Crippen LogP contribution in [0.15, 0.2) is 24.3 Å². The van der Waals surface area contributed by atoms with E-state index in [4.69, 9.17) is 5.73 Å². The first-order valence-electron chi connectivity index (χ1n) is 7.88. The summed E-state index contributed by atoms with van der Waals surface area (Å²) in [6.07, 6.45) is 4.69. The van der Waals surface area contributed by atoms with Gasteiger partial charge in [-0.15, -0.1) is 0 Å². The topological polar surface area (TPSA) is 46.3 Å². The van der Waals surface area contributed by atoms with Crippen LogP contribution >= 0.6 is 0 Å². The Morgan fingerprint density at radius 2 is 2.14 bits per heavy atom. The van der Waals surface area contributed by atoms with Crippen LogP contribution in [0.4, 0.5) is 4.39 Å². The van der Waals surface area contributed by atoms with E-state index in [1.54, 1.807) is 0 Å². The third kappa shape index (κ3) is 4.53.